The van der Waals surface area contributed by atoms with Gasteiger partial charge in [0.25, 0.3) is 20.2 Å². The highest BCUT2D eigenvalue weighted by Crippen LogP contribution is 2.51. The minimum absolute atomic E-state index is 0.0440. The molecule has 13 nitrogen and oxygen atoms in total. The van der Waals surface area contributed by atoms with Gasteiger partial charge in [-0.15, -0.1) is 0 Å². The van der Waals surface area contributed by atoms with Crippen LogP contribution >= 0.6 is 0 Å². The minimum Gasteiger partial charge on any atom is -0.477 e. The van der Waals surface area contributed by atoms with Gasteiger partial charge in [-0.2, -0.15) is 16.8 Å². The van der Waals surface area contributed by atoms with Gasteiger partial charge in [-0.3, -0.25) is 14.1 Å². The zero-order valence-electron chi connectivity index (χ0n) is 24.8. The lowest BCUT2D eigenvalue weighted by Crippen LogP contribution is -2.39. The molecule has 3 aliphatic rings. The molecule has 0 bridgehead atoms. The molecule has 2 unspecified atom stereocenters. The van der Waals surface area contributed by atoms with Crippen LogP contribution in [0.1, 0.15) is 99.1 Å². The number of benzene rings is 2. The molecule has 1 aromatic heterocycles. The Bertz CT molecular complexity index is 2150. The van der Waals surface area contributed by atoms with Crippen LogP contribution in [-0.2, 0) is 20.2 Å². The van der Waals surface area contributed by atoms with Crippen LogP contribution in [0, 0.1) is 0 Å². The van der Waals surface area contributed by atoms with Gasteiger partial charge < -0.3 is 20.1 Å². The fourth-order valence-corrected chi connectivity index (χ4v) is 8.61. The van der Waals surface area contributed by atoms with Crippen molar-refractivity contribution in [2.45, 2.75) is 87.1 Å². The second kappa shape index (κ2) is 9.36. The molecule has 2 atom stereocenters. The van der Waals surface area contributed by atoms with E-state index in [0.717, 1.165) is 6.33 Å². The number of nitrogens with one attached hydrogen (secondary N) is 2. The van der Waals surface area contributed by atoms with E-state index in [4.69, 9.17) is 4.74 Å². The van der Waals surface area contributed by atoms with E-state index in [1.807, 2.05) is 41.5 Å². The van der Waals surface area contributed by atoms with Crippen LogP contribution in [0.3, 0.4) is 0 Å². The number of ether oxygens (including phenoxy) is 1. The summed E-state index contributed by atoms with van der Waals surface area (Å²) in [5.41, 5.74) is -0.597. The molecule has 2 aromatic carbocycles. The fraction of sp³-hybridized carbons (Fsp3) is 0.414. The van der Waals surface area contributed by atoms with Gasteiger partial charge in [-0.05, 0) is 75.6 Å². The summed E-state index contributed by atoms with van der Waals surface area (Å²) >= 11 is 0. The number of rotatable bonds is 4. The average molecular weight is 645 g/mol. The average Bonchev–Trinajstić information content (AvgIpc) is 3.32. The van der Waals surface area contributed by atoms with Crippen LogP contribution in [0.15, 0.2) is 33.2 Å². The van der Waals surface area contributed by atoms with Crippen LogP contribution in [0.5, 0.6) is 11.5 Å². The Balaban J connectivity index is 1.90. The first-order valence-corrected chi connectivity index (χ1v) is 16.8. The molecule has 15 heteroatoms. The van der Waals surface area contributed by atoms with Crippen LogP contribution in [0.4, 0.5) is 5.69 Å². The second-order valence-corrected chi connectivity index (χ2v) is 15.8. The fourth-order valence-electron chi connectivity index (χ4n) is 7.00. The van der Waals surface area contributed by atoms with Crippen LogP contribution in [0.2, 0.25) is 0 Å². The number of carboxylic acid groups (broad SMARTS) is 1. The van der Waals surface area contributed by atoms with Gasteiger partial charge in [0.2, 0.25) is 0 Å². The SMILES string of the molecule is CC1CC(C)(C)Nc2c1cc1c(c2S(=O)(=O)O)Oc2c(S(=O)(=O)O)c3c(cc2=C1c1nc[nH]c1C(=O)O)C(C)CC(C)(C)N=3. The Labute approximate surface area is 253 Å². The van der Waals surface area contributed by atoms with Gasteiger partial charge in [0.05, 0.1) is 22.9 Å². The van der Waals surface area contributed by atoms with Gasteiger partial charge in [-0.25, -0.2) is 9.78 Å². The number of H-pyrrole nitrogens is 1. The Hall–Kier alpha value is -3.79. The third-order valence-electron chi connectivity index (χ3n) is 8.42. The molecule has 44 heavy (non-hydrogen) atoms. The summed E-state index contributed by atoms with van der Waals surface area (Å²) in [5.74, 6) is -2.74. The summed E-state index contributed by atoms with van der Waals surface area (Å²) in [6.07, 6.45) is 2.28. The van der Waals surface area contributed by atoms with Gasteiger partial charge in [0.1, 0.15) is 5.69 Å². The molecule has 0 radical (unpaired) electrons. The van der Waals surface area contributed by atoms with E-state index in [0.29, 0.717) is 24.0 Å². The predicted molar refractivity (Wildman–Crippen MR) is 158 cm³/mol. The maximum Gasteiger partial charge on any atom is 0.354 e. The molecule has 0 spiro atoms. The number of aromatic nitrogens is 2. The van der Waals surface area contributed by atoms with Crippen molar-refractivity contribution in [1.82, 2.24) is 9.97 Å². The normalized spacial score (nSPS) is 21.5. The Morgan fingerprint density at radius 1 is 0.955 bits per heavy atom. The smallest absolute Gasteiger partial charge is 0.354 e. The highest BCUT2D eigenvalue weighted by molar-refractivity contribution is 7.86. The van der Waals surface area contributed by atoms with Crippen molar-refractivity contribution in [3.05, 3.63) is 57.1 Å². The molecule has 6 rings (SSSR count). The van der Waals surface area contributed by atoms with E-state index in [2.05, 4.69) is 20.3 Å². The van der Waals surface area contributed by atoms with Crippen molar-refractivity contribution in [2.75, 3.05) is 5.32 Å². The van der Waals surface area contributed by atoms with Crippen molar-refractivity contribution in [2.24, 2.45) is 4.99 Å². The van der Waals surface area contributed by atoms with Crippen LogP contribution in [0.25, 0.3) is 5.57 Å². The van der Waals surface area contributed by atoms with Crippen molar-refractivity contribution >= 4 is 37.5 Å². The summed E-state index contributed by atoms with van der Waals surface area (Å²) in [7, 11) is -10.1. The number of aromatic amines is 1. The lowest BCUT2D eigenvalue weighted by atomic mass is 9.79. The van der Waals surface area contributed by atoms with Crippen LogP contribution in [-0.4, -0.2) is 58.1 Å². The molecule has 3 aliphatic heterocycles. The number of anilines is 1. The van der Waals surface area contributed by atoms with Gasteiger partial charge in [-0.1, -0.05) is 13.8 Å². The van der Waals surface area contributed by atoms with Gasteiger partial charge >= 0.3 is 5.97 Å². The lowest BCUT2D eigenvalue weighted by Gasteiger charge is -2.39. The highest BCUT2D eigenvalue weighted by Gasteiger charge is 2.42. The summed E-state index contributed by atoms with van der Waals surface area (Å²) < 4.78 is 80.0. The van der Waals surface area contributed by atoms with Crippen molar-refractivity contribution in [1.29, 1.82) is 0 Å². The topological polar surface area (TPSA) is 208 Å². The van der Waals surface area contributed by atoms with Crippen LogP contribution < -0.4 is 20.6 Å². The third-order valence-corrected chi connectivity index (χ3v) is 10.2. The second-order valence-electron chi connectivity index (χ2n) is 13.1. The molecular formula is C29H32N4O9S2. The van der Waals surface area contributed by atoms with Gasteiger partial charge in [0.15, 0.2) is 27.0 Å². The number of aromatic carboxylic acids is 1. The zero-order chi connectivity index (χ0) is 32.3. The highest BCUT2D eigenvalue weighted by atomic mass is 32.2. The third kappa shape index (κ3) is 4.69. The summed E-state index contributed by atoms with van der Waals surface area (Å²) in [6.45, 7) is 11.1. The number of carboxylic acids is 1. The minimum atomic E-state index is -5.08. The van der Waals surface area contributed by atoms with Crippen molar-refractivity contribution in [3.8, 4) is 11.5 Å². The van der Waals surface area contributed by atoms with E-state index in [1.54, 1.807) is 12.1 Å². The summed E-state index contributed by atoms with van der Waals surface area (Å²) in [6, 6.07) is 3.27. The number of nitrogens with zero attached hydrogens (tertiary/aromatic N) is 2. The Morgan fingerprint density at radius 2 is 1.59 bits per heavy atom. The maximum atomic E-state index is 13.1. The number of imidazole rings is 1. The number of carbonyl (C=O) groups is 1. The van der Waals surface area contributed by atoms with E-state index in [9.17, 15) is 35.8 Å². The Morgan fingerprint density at radius 3 is 2.20 bits per heavy atom. The molecule has 234 valence electrons. The first kappa shape index (κ1) is 30.2. The molecule has 0 saturated carbocycles. The van der Waals surface area contributed by atoms with Crippen molar-refractivity contribution in [3.63, 3.8) is 0 Å². The van der Waals surface area contributed by atoms with E-state index >= 15 is 0 Å². The van der Waals surface area contributed by atoms with E-state index < -0.39 is 58.6 Å². The zero-order valence-corrected chi connectivity index (χ0v) is 26.4. The maximum absolute atomic E-state index is 13.1. The Kier molecular flexibility index (Phi) is 6.43. The van der Waals surface area contributed by atoms with E-state index in [1.165, 1.54) is 0 Å². The quantitative estimate of drug-likeness (QED) is 0.203. The largest absolute Gasteiger partial charge is 0.477 e. The molecule has 0 aliphatic carbocycles. The molecule has 0 fully saturated rings. The van der Waals surface area contributed by atoms with Crippen molar-refractivity contribution < 1.29 is 40.6 Å². The number of hydrogen-bond donors (Lipinski definition) is 5. The first-order chi connectivity index (χ1) is 20.2. The summed E-state index contributed by atoms with van der Waals surface area (Å²) in [5, 5.41) is 13.2. The summed E-state index contributed by atoms with van der Waals surface area (Å²) in [4.78, 5) is 22.4. The molecule has 5 N–H and O–H groups in total. The van der Waals surface area contributed by atoms with Gasteiger partial charge in [0, 0.05) is 21.9 Å². The first-order valence-electron chi connectivity index (χ1n) is 13.9. The van der Waals surface area contributed by atoms with E-state index in [-0.39, 0.29) is 50.6 Å². The molecule has 0 saturated heterocycles. The molecular weight excluding hydrogens is 612 g/mol. The monoisotopic (exact) mass is 644 g/mol. The molecule has 3 aromatic rings. The predicted octanol–water partition coefficient (Wildman–Crippen LogP) is 3.56. The molecule has 0 amide bonds. The number of fused-ring (bicyclic) bond motifs is 4. The molecule has 4 heterocycles. The standard InChI is InChI=1S/C29H32N4O9S2/c1-12-9-28(3,4)32-19-14(12)7-16-18(21-22(27(34)35)31-11-30-21)17-8-15-13(2)10-29(5,6)33-20(15)26(44(39,40)41)24(17)42-23(16)25(19)43(36,37)38/h7-8,11-13,32H,9-10H2,1-6H3,(H,30,31)(H,34,35)(H,36,37,38)(H,39,40,41). The lowest BCUT2D eigenvalue weighted by molar-refractivity contribution is 0.0690. The number of hydrogen-bond acceptors (Lipinski definition) is 9.